The van der Waals surface area contributed by atoms with Gasteiger partial charge in [-0.25, -0.2) is 0 Å². The second-order valence-corrected chi connectivity index (χ2v) is 3.86. The lowest BCUT2D eigenvalue weighted by Gasteiger charge is -2.07. The monoisotopic (exact) mass is 196 g/mol. The molecule has 15 heavy (non-hydrogen) atoms. The molecule has 2 rings (SSSR count). The van der Waals surface area contributed by atoms with Gasteiger partial charge in [0.2, 0.25) is 0 Å². The first-order chi connectivity index (χ1) is 7.31. The van der Waals surface area contributed by atoms with Crippen molar-refractivity contribution in [2.24, 2.45) is 0 Å². The highest BCUT2D eigenvalue weighted by molar-refractivity contribution is 5.64. The molecule has 0 spiro atoms. The fourth-order valence-electron chi connectivity index (χ4n) is 1.86. The Bertz CT molecular complexity index is 441. The van der Waals surface area contributed by atoms with Gasteiger partial charge in [-0.1, -0.05) is 55.5 Å². The van der Waals surface area contributed by atoms with Crippen LogP contribution >= 0.6 is 0 Å². The summed E-state index contributed by atoms with van der Waals surface area (Å²) in [6, 6.07) is 17.2. The average molecular weight is 196 g/mol. The maximum absolute atomic E-state index is 2.30. The Morgan fingerprint density at radius 1 is 0.867 bits per heavy atom. The van der Waals surface area contributed by atoms with Crippen LogP contribution in [0.25, 0.3) is 11.1 Å². The molecular formula is C15H16. The van der Waals surface area contributed by atoms with Gasteiger partial charge in [0.15, 0.2) is 0 Å². The molecular weight excluding hydrogens is 180 g/mol. The zero-order valence-electron chi connectivity index (χ0n) is 9.33. The normalized spacial score (nSPS) is 10.3. The molecule has 2 aromatic carbocycles. The molecule has 0 unspecified atom stereocenters. The lowest BCUT2D eigenvalue weighted by atomic mass is 9.99. The molecule has 0 bridgehead atoms. The van der Waals surface area contributed by atoms with E-state index in [0.717, 1.165) is 6.42 Å². The van der Waals surface area contributed by atoms with Gasteiger partial charge in [-0.2, -0.15) is 0 Å². The van der Waals surface area contributed by atoms with Crippen LogP contribution in [0.2, 0.25) is 0 Å². The van der Waals surface area contributed by atoms with Crippen LogP contribution in [0.3, 0.4) is 0 Å². The first-order valence-electron chi connectivity index (χ1n) is 5.46. The summed E-state index contributed by atoms with van der Waals surface area (Å²) in [6.07, 6.45) is 1.10. The molecule has 0 atom stereocenters. The predicted molar refractivity (Wildman–Crippen MR) is 66.0 cm³/mol. The summed E-state index contributed by atoms with van der Waals surface area (Å²) < 4.78 is 0. The maximum Gasteiger partial charge on any atom is -0.0181 e. The Kier molecular flexibility index (Phi) is 2.86. The highest BCUT2D eigenvalue weighted by atomic mass is 14.0. The van der Waals surface area contributed by atoms with Gasteiger partial charge in [0.25, 0.3) is 0 Å². The lowest BCUT2D eigenvalue weighted by Crippen LogP contribution is -1.87. The molecule has 0 heteroatoms. The molecule has 0 heterocycles. The molecule has 0 amide bonds. The Morgan fingerprint density at radius 3 is 2.27 bits per heavy atom. The summed E-state index contributed by atoms with van der Waals surface area (Å²) >= 11 is 0. The van der Waals surface area contributed by atoms with E-state index in [-0.39, 0.29) is 0 Å². The van der Waals surface area contributed by atoms with E-state index in [1.807, 2.05) is 0 Å². The number of hydrogen-bond acceptors (Lipinski definition) is 0. The summed E-state index contributed by atoms with van der Waals surface area (Å²) in [5.74, 6) is 0. The fourth-order valence-corrected chi connectivity index (χ4v) is 1.86. The maximum atomic E-state index is 2.30. The zero-order chi connectivity index (χ0) is 10.7. The minimum Gasteiger partial charge on any atom is -0.0622 e. The standard InChI is InChI=1S/C15H16/c1-3-13-11-15(10-9-12(13)2)14-7-5-4-6-8-14/h4-11H,3H2,1-2H3. The minimum absolute atomic E-state index is 1.10. The van der Waals surface area contributed by atoms with Crippen LogP contribution in [0, 0.1) is 6.92 Å². The quantitative estimate of drug-likeness (QED) is 0.674. The molecule has 0 fully saturated rings. The molecule has 0 radical (unpaired) electrons. The van der Waals surface area contributed by atoms with Gasteiger partial charge >= 0.3 is 0 Å². The van der Waals surface area contributed by atoms with Crippen molar-refractivity contribution in [3.63, 3.8) is 0 Å². The second-order valence-electron chi connectivity index (χ2n) is 3.86. The van der Waals surface area contributed by atoms with E-state index in [1.165, 1.54) is 22.3 Å². The summed E-state index contributed by atoms with van der Waals surface area (Å²) in [5, 5.41) is 0. The van der Waals surface area contributed by atoms with Crippen molar-refractivity contribution >= 4 is 0 Å². The van der Waals surface area contributed by atoms with Crippen LogP contribution in [-0.4, -0.2) is 0 Å². The molecule has 2 aromatic rings. The Hall–Kier alpha value is -1.56. The Morgan fingerprint density at radius 2 is 1.60 bits per heavy atom. The topological polar surface area (TPSA) is 0 Å². The number of aryl methyl sites for hydroxylation is 2. The molecule has 0 saturated heterocycles. The van der Waals surface area contributed by atoms with E-state index in [9.17, 15) is 0 Å². The molecule has 0 aliphatic carbocycles. The van der Waals surface area contributed by atoms with Crippen molar-refractivity contribution in [1.82, 2.24) is 0 Å². The molecule has 0 aromatic heterocycles. The Labute approximate surface area is 91.6 Å². The fraction of sp³-hybridized carbons (Fsp3) is 0.200. The van der Waals surface area contributed by atoms with E-state index in [4.69, 9.17) is 0 Å². The van der Waals surface area contributed by atoms with E-state index in [1.54, 1.807) is 0 Å². The van der Waals surface area contributed by atoms with Crippen molar-refractivity contribution in [1.29, 1.82) is 0 Å². The third-order valence-corrected chi connectivity index (χ3v) is 2.84. The molecule has 0 saturated carbocycles. The number of hydrogen-bond donors (Lipinski definition) is 0. The van der Waals surface area contributed by atoms with Gasteiger partial charge in [-0.3, -0.25) is 0 Å². The van der Waals surface area contributed by atoms with Crippen LogP contribution in [-0.2, 0) is 6.42 Å². The first-order valence-corrected chi connectivity index (χ1v) is 5.46. The van der Waals surface area contributed by atoms with Crippen LogP contribution in [0.5, 0.6) is 0 Å². The highest BCUT2D eigenvalue weighted by Gasteiger charge is 2.00. The molecule has 0 aliphatic heterocycles. The first kappa shape index (κ1) is 9.97. The minimum atomic E-state index is 1.10. The van der Waals surface area contributed by atoms with E-state index < -0.39 is 0 Å². The van der Waals surface area contributed by atoms with Gasteiger partial charge in [0.1, 0.15) is 0 Å². The van der Waals surface area contributed by atoms with E-state index in [2.05, 4.69) is 62.4 Å². The summed E-state index contributed by atoms with van der Waals surface area (Å²) in [6.45, 7) is 4.38. The van der Waals surface area contributed by atoms with Crippen LogP contribution in [0.15, 0.2) is 48.5 Å². The van der Waals surface area contributed by atoms with Crippen molar-refractivity contribution in [3.05, 3.63) is 59.7 Å². The highest BCUT2D eigenvalue weighted by Crippen LogP contribution is 2.22. The third-order valence-electron chi connectivity index (χ3n) is 2.84. The summed E-state index contributed by atoms with van der Waals surface area (Å²) in [4.78, 5) is 0. The van der Waals surface area contributed by atoms with Crippen molar-refractivity contribution in [2.45, 2.75) is 20.3 Å². The van der Waals surface area contributed by atoms with Crippen LogP contribution in [0.1, 0.15) is 18.1 Å². The summed E-state index contributed by atoms with van der Waals surface area (Å²) in [7, 11) is 0. The van der Waals surface area contributed by atoms with Crippen molar-refractivity contribution in [3.8, 4) is 11.1 Å². The van der Waals surface area contributed by atoms with Crippen LogP contribution in [0.4, 0.5) is 0 Å². The van der Waals surface area contributed by atoms with Gasteiger partial charge in [0.05, 0.1) is 0 Å². The SMILES string of the molecule is CCc1cc(-c2ccccc2)ccc1C. The predicted octanol–water partition coefficient (Wildman–Crippen LogP) is 4.22. The van der Waals surface area contributed by atoms with Crippen LogP contribution < -0.4 is 0 Å². The molecule has 76 valence electrons. The van der Waals surface area contributed by atoms with Gasteiger partial charge in [-0.05, 0) is 35.6 Å². The Balaban J connectivity index is 2.46. The smallest absolute Gasteiger partial charge is 0.0181 e. The largest absolute Gasteiger partial charge is 0.0622 e. The van der Waals surface area contributed by atoms with Gasteiger partial charge in [0, 0.05) is 0 Å². The van der Waals surface area contributed by atoms with Crippen molar-refractivity contribution in [2.75, 3.05) is 0 Å². The lowest BCUT2D eigenvalue weighted by molar-refractivity contribution is 1.11. The van der Waals surface area contributed by atoms with Gasteiger partial charge in [-0.15, -0.1) is 0 Å². The second kappa shape index (κ2) is 4.31. The average Bonchev–Trinajstić information content (AvgIpc) is 2.31. The summed E-state index contributed by atoms with van der Waals surface area (Å²) in [5.41, 5.74) is 5.44. The number of rotatable bonds is 2. The number of benzene rings is 2. The van der Waals surface area contributed by atoms with Gasteiger partial charge < -0.3 is 0 Å². The molecule has 0 aliphatic rings. The van der Waals surface area contributed by atoms with E-state index >= 15 is 0 Å². The third kappa shape index (κ3) is 2.10. The molecule has 0 N–H and O–H groups in total. The van der Waals surface area contributed by atoms with E-state index in [0.29, 0.717) is 0 Å². The molecule has 0 nitrogen and oxygen atoms in total. The van der Waals surface area contributed by atoms with Crippen molar-refractivity contribution < 1.29 is 0 Å². The zero-order valence-corrected chi connectivity index (χ0v) is 9.33.